The predicted molar refractivity (Wildman–Crippen MR) is 76.5 cm³/mol. The van der Waals surface area contributed by atoms with E-state index < -0.39 is 11.7 Å². The molecule has 1 aromatic carbocycles. The minimum Gasteiger partial charge on any atom is -0.491 e. The van der Waals surface area contributed by atoms with Gasteiger partial charge in [0.05, 0.1) is 18.7 Å². The Morgan fingerprint density at radius 2 is 2.05 bits per heavy atom. The summed E-state index contributed by atoms with van der Waals surface area (Å²) >= 11 is 0. The molecule has 5 nitrogen and oxygen atoms in total. The molecule has 0 saturated carbocycles. The minimum absolute atomic E-state index is 0.0457. The summed E-state index contributed by atoms with van der Waals surface area (Å²) in [4.78, 5) is 1.72. The van der Waals surface area contributed by atoms with Gasteiger partial charge in [0, 0.05) is 25.9 Å². The highest BCUT2D eigenvalue weighted by Crippen LogP contribution is 2.37. The Labute approximate surface area is 126 Å². The summed E-state index contributed by atoms with van der Waals surface area (Å²) in [6, 6.07) is 3.86. The molecule has 1 heterocycles. The third-order valence-corrected chi connectivity index (χ3v) is 3.04. The third-order valence-electron chi connectivity index (χ3n) is 3.04. The van der Waals surface area contributed by atoms with Crippen LogP contribution >= 0.6 is 0 Å². The highest BCUT2D eigenvalue weighted by Gasteiger charge is 2.35. The van der Waals surface area contributed by atoms with Gasteiger partial charge in [0.1, 0.15) is 12.4 Å². The topological polar surface area (TPSA) is 46.4 Å². The van der Waals surface area contributed by atoms with Gasteiger partial charge in [-0.05, 0) is 18.2 Å². The fourth-order valence-corrected chi connectivity index (χ4v) is 1.95. The summed E-state index contributed by atoms with van der Waals surface area (Å²) in [5.74, 6) is 0.160. The van der Waals surface area contributed by atoms with E-state index in [0.29, 0.717) is 17.9 Å². The molecule has 0 aromatic heterocycles. The van der Waals surface area contributed by atoms with Crippen LogP contribution < -0.4 is 4.74 Å². The van der Waals surface area contributed by atoms with Crippen LogP contribution in [0.1, 0.15) is 11.1 Å². The monoisotopic (exact) mass is 315 g/mol. The van der Waals surface area contributed by atoms with Crippen LogP contribution in [0.2, 0.25) is 0 Å². The molecular formula is C14H16F3N3O2. The van der Waals surface area contributed by atoms with Gasteiger partial charge in [-0.15, -0.1) is 5.10 Å². The van der Waals surface area contributed by atoms with Crippen molar-refractivity contribution in [2.75, 3.05) is 33.9 Å². The Bertz CT molecular complexity index is 585. The number of amidine groups is 1. The lowest BCUT2D eigenvalue weighted by Crippen LogP contribution is -2.31. The van der Waals surface area contributed by atoms with Gasteiger partial charge in [0.25, 0.3) is 0 Å². The molecule has 1 aliphatic rings. The van der Waals surface area contributed by atoms with Crippen molar-refractivity contribution >= 4 is 12.1 Å². The van der Waals surface area contributed by atoms with Gasteiger partial charge in [0.15, 0.2) is 5.84 Å². The normalized spacial score (nSPS) is 15.0. The molecule has 0 bridgehead atoms. The van der Waals surface area contributed by atoms with E-state index in [-0.39, 0.29) is 19.0 Å². The molecule has 0 saturated heterocycles. The second-order valence-corrected chi connectivity index (χ2v) is 4.65. The smallest absolute Gasteiger partial charge is 0.419 e. The van der Waals surface area contributed by atoms with Gasteiger partial charge in [0.2, 0.25) is 0 Å². The molecule has 1 aromatic rings. The number of halogens is 3. The number of ether oxygens (including phenoxy) is 2. The van der Waals surface area contributed by atoms with E-state index in [1.807, 2.05) is 0 Å². The Hall–Kier alpha value is -2.09. The van der Waals surface area contributed by atoms with Crippen LogP contribution in [0, 0.1) is 0 Å². The standard InChI is InChI=1S/C14H16F3N3O2/c1-20-6-5-18-19-13(20)10-3-4-12(22-8-7-21-2)11(9-10)14(15,16)17/h3-5,9H,6-8H2,1-2H3. The SMILES string of the molecule is COCCOc1ccc(C2=NN=CCN2C)cc1C(F)(F)F. The van der Waals surface area contributed by atoms with E-state index in [9.17, 15) is 13.2 Å². The van der Waals surface area contributed by atoms with Crippen LogP contribution in [0.3, 0.4) is 0 Å². The Kier molecular flexibility index (Phi) is 5.02. The largest absolute Gasteiger partial charge is 0.491 e. The molecule has 8 heteroatoms. The molecule has 0 aliphatic carbocycles. The summed E-state index contributed by atoms with van der Waals surface area (Å²) in [7, 11) is 3.19. The number of hydrogen-bond donors (Lipinski definition) is 0. The van der Waals surface area contributed by atoms with Gasteiger partial charge in [-0.2, -0.15) is 18.3 Å². The van der Waals surface area contributed by atoms with Crippen molar-refractivity contribution in [2.24, 2.45) is 10.2 Å². The molecule has 0 atom stereocenters. The van der Waals surface area contributed by atoms with Crippen LogP contribution in [-0.4, -0.2) is 50.9 Å². The van der Waals surface area contributed by atoms with Gasteiger partial charge in [-0.25, -0.2) is 0 Å². The van der Waals surface area contributed by atoms with Gasteiger partial charge in [-0.1, -0.05) is 0 Å². The molecule has 1 aliphatic heterocycles. The summed E-state index contributed by atoms with van der Waals surface area (Å²) in [6.07, 6.45) is -2.94. The maximum absolute atomic E-state index is 13.2. The molecule has 0 radical (unpaired) electrons. The number of rotatable bonds is 5. The maximum atomic E-state index is 13.2. The summed E-state index contributed by atoms with van der Waals surface area (Å²) in [5, 5.41) is 7.65. The van der Waals surface area contributed by atoms with E-state index in [1.165, 1.54) is 19.2 Å². The number of nitrogens with zero attached hydrogens (tertiary/aromatic N) is 3. The minimum atomic E-state index is -4.52. The average Bonchev–Trinajstić information content (AvgIpc) is 2.47. The number of alkyl halides is 3. The molecule has 120 valence electrons. The van der Waals surface area contributed by atoms with Crippen LogP contribution in [0.15, 0.2) is 28.4 Å². The first-order chi connectivity index (χ1) is 10.4. The average molecular weight is 315 g/mol. The molecule has 22 heavy (non-hydrogen) atoms. The van der Waals surface area contributed by atoms with Crippen molar-refractivity contribution in [3.8, 4) is 5.75 Å². The first kappa shape index (κ1) is 16.3. The van der Waals surface area contributed by atoms with Crippen molar-refractivity contribution in [1.82, 2.24) is 4.90 Å². The molecule has 2 rings (SSSR count). The maximum Gasteiger partial charge on any atom is 0.419 e. The quantitative estimate of drug-likeness (QED) is 0.784. The van der Waals surface area contributed by atoms with E-state index in [1.54, 1.807) is 18.2 Å². The van der Waals surface area contributed by atoms with Gasteiger partial charge in [-0.3, -0.25) is 0 Å². The van der Waals surface area contributed by atoms with Crippen LogP contribution in [-0.2, 0) is 10.9 Å². The van der Waals surface area contributed by atoms with Crippen molar-refractivity contribution < 1.29 is 22.6 Å². The lowest BCUT2D eigenvalue weighted by Gasteiger charge is -2.22. The van der Waals surface area contributed by atoms with Gasteiger partial charge < -0.3 is 14.4 Å². The second-order valence-electron chi connectivity index (χ2n) is 4.65. The summed E-state index contributed by atoms with van der Waals surface area (Å²) in [6.45, 7) is 0.750. The van der Waals surface area contributed by atoms with E-state index >= 15 is 0 Å². The Morgan fingerprint density at radius 3 is 2.68 bits per heavy atom. The number of methoxy groups -OCH3 is 1. The van der Waals surface area contributed by atoms with Crippen molar-refractivity contribution in [3.63, 3.8) is 0 Å². The van der Waals surface area contributed by atoms with E-state index in [0.717, 1.165) is 6.07 Å². The van der Waals surface area contributed by atoms with E-state index in [2.05, 4.69) is 10.2 Å². The van der Waals surface area contributed by atoms with Crippen molar-refractivity contribution in [3.05, 3.63) is 29.3 Å². The molecular weight excluding hydrogens is 299 g/mol. The number of benzene rings is 1. The molecule has 0 unspecified atom stereocenters. The number of hydrogen-bond acceptors (Lipinski definition) is 5. The highest BCUT2D eigenvalue weighted by atomic mass is 19.4. The summed E-state index contributed by atoms with van der Waals surface area (Å²) < 4.78 is 49.5. The zero-order valence-corrected chi connectivity index (χ0v) is 12.2. The highest BCUT2D eigenvalue weighted by molar-refractivity contribution is 6.00. The summed E-state index contributed by atoms with van der Waals surface area (Å²) in [5.41, 5.74) is -0.502. The Morgan fingerprint density at radius 1 is 1.27 bits per heavy atom. The fourth-order valence-electron chi connectivity index (χ4n) is 1.95. The Balaban J connectivity index is 2.35. The van der Waals surface area contributed by atoms with Crippen LogP contribution in [0.5, 0.6) is 5.75 Å². The van der Waals surface area contributed by atoms with Crippen LogP contribution in [0.25, 0.3) is 0 Å². The lowest BCUT2D eigenvalue weighted by atomic mass is 10.1. The first-order valence-electron chi connectivity index (χ1n) is 6.57. The van der Waals surface area contributed by atoms with Crippen molar-refractivity contribution in [1.29, 1.82) is 0 Å². The van der Waals surface area contributed by atoms with Gasteiger partial charge >= 0.3 is 6.18 Å². The lowest BCUT2D eigenvalue weighted by molar-refractivity contribution is -0.139. The second kappa shape index (κ2) is 6.78. The molecule has 0 spiro atoms. The van der Waals surface area contributed by atoms with E-state index in [4.69, 9.17) is 9.47 Å². The molecule has 0 fully saturated rings. The predicted octanol–water partition coefficient (Wildman–Crippen LogP) is 2.41. The zero-order valence-electron chi connectivity index (χ0n) is 12.2. The molecule has 0 amide bonds. The zero-order chi connectivity index (χ0) is 16.2. The fraction of sp³-hybridized carbons (Fsp3) is 0.429. The first-order valence-corrected chi connectivity index (χ1v) is 6.57. The molecule has 0 N–H and O–H groups in total. The van der Waals surface area contributed by atoms with Crippen molar-refractivity contribution in [2.45, 2.75) is 6.18 Å². The third kappa shape index (κ3) is 3.76. The van der Waals surface area contributed by atoms with Crippen LogP contribution in [0.4, 0.5) is 13.2 Å².